The van der Waals surface area contributed by atoms with Crippen molar-refractivity contribution in [2.24, 2.45) is 0 Å². The number of rotatable bonds is 7. The summed E-state index contributed by atoms with van der Waals surface area (Å²) in [7, 11) is 0. The highest BCUT2D eigenvalue weighted by molar-refractivity contribution is 5.85. The van der Waals surface area contributed by atoms with Gasteiger partial charge in [0, 0.05) is 17.3 Å². The van der Waals surface area contributed by atoms with Crippen molar-refractivity contribution >= 4 is 18.2 Å². The Morgan fingerprint density at radius 3 is 2.55 bits per heavy atom. The number of benzene rings is 1. The fraction of sp³-hybridized carbons (Fsp3) is 0.542. The van der Waals surface area contributed by atoms with E-state index in [0.717, 1.165) is 17.7 Å². The van der Waals surface area contributed by atoms with E-state index in [1.807, 2.05) is 13.1 Å². The molecule has 29 heavy (non-hydrogen) atoms. The monoisotopic (exact) mass is 416 g/mol. The molecule has 2 heterocycles. The summed E-state index contributed by atoms with van der Waals surface area (Å²) in [6, 6.07) is 8.81. The molecule has 1 fully saturated rings. The largest absolute Gasteiger partial charge is 0.383 e. The highest BCUT2D eigenvalue weighted by Crippen LogP contribution is 2.30. The van der Waals surface area contributed by atoms with E-state index < -0.39 is 0 Å². The summed E-state index contributed by atoms with van der Waals surface area (Å²) >= 11 is 0. The van der Waals surface area contributed by atoms with Crippen LogP contribution in [0.1, 0.15) is 56.2 Å². The van der Waals surface area contributed by atoms with Crippen LogP contribution < -0.4 is 11.1 Å². The Morgan fingerprint density at radius 2 is 1.83 bits per heavy atom. The molecule has 2 aromatic rings. The zero-order valence-corrected chi connectivity index (χ0v) is 19.2. The van der Waals surface area contributed by atoms with Crippen molar-refractivity contribution < 1.29 is 0 Å². The first-order chi connectivity index (χ1) is 13.4. The third-order valence-electron chi connectivity index (χ3n) is 6.25. The maximum Gasteiger partial charge on any atom is 0.126 e. The molecule has 0 atom stereocenters. The number of piperidine rings is 1. The number of nitrogen functional groups attached to an aromatic ring is 1. The molecule has 0 spiro atoms. The first-order valence-corrected chi connectivity index (χ1v) is 10.7. The van der Waals surface area contributed by atoms with Gasteiger partial charge in [0.2, 0.25) is 0 Å². The summed E-state index contributed by atoms with van der Waals surface area (Å²) in [6.07, 6.45) is 7.23. The van der Waals surface area contributed by atoms with Gasteiger partial charge in [0.1, 0.15) is 5.82 Å². The summed E-state index contributed by atoms with van der Waals surface area (Å²) in [5.74, 6) is 0.619. The van der Waals surface area contributed by atoms with E-state index >= 15 is 0 Å². The first kappa shape index (κ1) is 23.7. The van der Waals surface area contributed by atoms with E-state index in [1.165, 1.54) is 62.0 Å². The van der Waals surface area contributed by atoms with Gasteiger partial charge in [-0.3, -0.25) is 0 Å². The minimum Gasteiger partial charge on any atom is -0.383 e. The second-order valence-corrected chi connectivity index (χ2v) is 8.70. The van der Waals surface area contributed by atoms with Gasteiger partial charge in [0.15, 0.2) is 0 Å². The summed E-state index contributed by atoms with van der Waals surface area (Å²) in [5, 5.41) is 3.77. The van der Waals surface area contributed by atoms with Gasteiger partial charge >= 0.3 is 0 Å². The van der Waals surface area contributed by atoms with Crippen LogP contribution >= 0.6 is 12.4 Å². The van der Waals surface area contributed by atoms with Gasteiger partial charge in [-0.25, -0.2) is 4.98 Å². The van der Waals surface area contributed by atoms with Crippen LogP contribution in [0.3, 0.4) is 0 Å². The molecule has 1 saturated heterocycles. The molecule has 0 amide bonds. The van der Waals surface area contributed by atoms with Gasteiger partial charge in [-0.1, -0.05) is 24.6 Å². The lowest BCUT2D eigenvalue weighted by Crippen LogP contribution is -2.39. The van der Waals surface area contributed by atoms with Gasteiger partial charge < -0.3 is 16.0 Å². The van der Waals surface area contributed by atoms with Gasteiger partial charge in [-0.15, -0.1) is 12.4 Å². The number of nitrogens with two attached hydrogens (primary N) is 1. The Labute approximate surface area is 182 Å². The topological polar surface area (TPSA) is 54.2 Å². The summed E-state index contributed by atoms with van der Waals surface area (Å²) in [5.41, 5.74) is 11.8. The number of pyridine rings is 1. The number of nitrogens with one attached hydrogen (secondary N) is 1. The normalized spacial score (nSPS) is 15.2. The van der Waals surface area contributed by atoms with Crippen LogP contribution in [-0.4, -0.2) is 36.1 Å². The van der Waals surface area contributed by atoms with E-state index in [-0.39, 0.29) is 17.9 Å². The van der Waals surface area contributed by atoms with Crippen LogP contribution in [0, 0.1) is 13.8 Å². The lowest BCUT2D eigenvalue weighted by molar-refractivity contribution is 0.222. The van der Waals surface area contributed by atoms with E-state index in [2.05, 4.69) is 60.2 Å². The lowest BCUT2D eigenvalue weighted by atomic mass is 9.90. The first-order valence-electron chi connectivity index (χ1n) is 10.7. The van der Waals surface area contributed by atoms with E-state index in [9.17, 15) is 0 Å². The van der Waals surface area contributed by atoms with Crippen LogP contribution in [0.2, 0.25) is 0 Å². The summed E-state index contributed by atoms with van der Waals surface area (Å²) < 4.78 is 0. The number of halogens is 1. The van der Waals surface area contributed by atoms with E-state index in [0.29, 0.717) is 5.82 Å². The number of hydrogen-bond donors (Lipinski definition) is 2. The number of aromatic nitrogens is 1. The highest BCUT2D eigenvalue weighted by atomic mass is 35.5. The zero-order valence-electron chi connectivity index (χ0n) is 18.4. The standard InChI is InChI=1S/C24H36N4.ClH/c1-18-19(2)23(25)26-17-22(18)20-10-8-11-21(16-20)24(3,4)27-12-9-15-28-13-6-5-7-14-28;/h8,10-11,16-17,27H,5-7,9,12-15H2,1-4H3,(H2,25,26);1H. The molecule has 0 bridgehead atoms. The minimum atomic E-state index is -0.0674. The quantitative estimate of drug-likeness (QED) is 0.618. The SMILES string of the molecule is Cc1c(-c2cccc(C(C)(C)NCCCN3CCCCC3)c2)cnc(N)c1C.Cl. The number of likely N-dealkylation sites (tertiary alicyclic amines) is 1. The molecule has 3 rings (SSSR count). The Hall–Kier alpha value is -1.62. The molecule has 0 radical (unpaired) electrons. The van der Waals surface area contributed by atoms with Crippen molar-refractivity contribution in [3.63, 3.8) is 0 Å². The molecule has 1 aromatic carbocycles. The maximum absolute atomic E-state index is 5.96. The van der Waals surface area contributed by atoms with E-state index in [1.54, 1.807) is 0 Å². The number of hydrogen-bond acceptors (Lipinski definition) is 4. The minimum absolute atomic E-state index is 0. The molecular weight excluding hydrogens is 380 g/mol. The van der Waals surface area contributed by atoms with Gasteiger partial charge in [-0.05, 0) is 101 Å². The van der Waals surface area contributed by atoms with Crippen LogP contribution in [0.4, 0.5) is 5.82 Å². The fourth-order valence-electron chi connectivity index (χ4n) is 4.08. The van der Waals surface area contributed by atoms with Crippen molar-refractivity contribution in [1.29, 1.82) is 0 Å². The van der Waals surface area contributed by atoms with Crippen molar-refractivity contribution in [2.45, 2.75) is 58.9 Å². The molecule has 1 aliphatic rings. The third kappa shape index (κ3) is 5.94. The predicted octanol–water partition coefficient (Wildman–Crippen LogP) is 5.07. The second kappa shape index (κ2) is 10.4. The average molecular weight is 417 g/mol. The fourth-order valence-corrected chi connectivity index (χ4v) is 4.08. The molecule has 0 unspecified atom stereocenters. The number of anilines is 1. The molecule has 0 aliphatic carbocycles. The molecule has 1 aromatic heterocycles. The van der Waals surface area contributed by atoms with Gasteiger partial charge in [0.05, 0.1) is 0 Å². The lowest BCUT2D eigenvalue weighted by Gasteiger charge is -2.30. The predicted molar refractivity (Wildman–Crippen MR) is 127 cm³/mol. The van der Waals surface area contributed by atoms with Crippen molar-refractivity contribution in [3.8, 4) is 11.1 Å². The molecule has 160 valence electrons. The Kier molecular flexibility index (Phi) is 8.50. The van der Waals surface area contributed by atoms with Gasteiger partial charge in [-0.2, -0.15) is 0 Å². The van der Waals surface area contributed by atoms with Crippen molar-refractivity contribution in [3.05, 3.63) is 47.2 Å². The summed E-state index contributed by atoms with van der Waals surface area (Å²) in [6.45, 7) is 13.5. The zero-order chi connectivity index (χ0) is 20.1. The van der Waals surface area contributed by atoms with Crippen molar-refractivity contribution in [1.82, 2.24) is 15.2 Å². The summed E-state index contributed by atoms with van der Waals surface area (Å²) in [4.78, 5) is 6.98. The smallest absolute Gasteiger partial charge is 0.126 e. The third-order valence-corrected chi connectivity index (χ3v) is 6.25. The average Bonchev–Trinajstić information content (AvgIpc) is 2.70. The highest BCUT2D eigenvalue weighted by Gasteiger charge is 2.20. The molecular formula is C24H37ClN4. The molecule has 5 heteroatoms. The number of nitrogens with zero attached hydrogens (tertiary/aromatic N) is 2. The molecule has 1 aliphatic heterocycles. The van der Waals surface area contributed by atoms with Crippen LogP contribution in [0.25, 0.3) is 11.1 Å². The molecule has 3 N–H and O–H groups in total. The maximum atomic E-state index is 5.96. The Bertz CT molecular complexity index is 797. The van der Waals surface area contributed by atoms with Gasteiger partial charge in [0.25, 0.3) is 0 Å². The Balaban J connectivity index is 0.00000300. The van der Waals surface area contributed by atoms with E-state index in [4.69, 9.17) is 5.73 Å². The van der Waals surface area contributed by atoms with Crippen LogP contribution in [0.15, 0.2) is 30.5 Å². The van der Waals surface area contributed by atoms with Crippen LogP contribution in [-0.2, 0) is 5.54 Å². The second-order valence-electron chi connectivity index (χ2n) is 8.70. The van der Waals surface area contributed by atoms with Crippen molar-refractivity contribution in [2.75, 3.05) is 31.9 Å². The Morgan fingerprint density at radius 1 is 1.10 bits per heavy atom. The molecule has 4 nitrogen and oxygen atoms in total. The van der Waals surface area contributed by atoms with Crippen LogP contribution in [0.5, 0.6) is 0 Å². The molecule has 0 saturated carbocycles.